The molecule has 1 rings (SSSR count). The van der Waals surface area contributed by atoms with E-state index in [4.69, 9.17) is 20.5 Å². The fourth-order valence-electron chi connectivity index (χ4n) is 1.46. The number of primary amides is 1. The van der Waals surface area contributed by atoms with E-state index in [1.165, 1.54) is 20.3 Å². The van der Waals surface area contributed by atoms with Crippen LogP contribution in [0.2, 0.25) is 0 Å². The molecular weight excluding hydrogens is 276 g/mol. The van der Waals surface area contributed by atoms with Crippen molar-refractivity contribution >= 4 is 18.0 Å². The van der Waals surface area contributed by atoms with Crippen LogP contribution in [0.4, 0.5) is 0 Å². The summed E-state index contributed by atoms with van der Waals surface area (Å²) in [6.45, 7) is -0.281. The number of benzene rings is 1. The number of carbonyl (C=O) groups is 2. The Morgan fingerprint density at radius 1 is 1.33 bits per heavy atom. The van der Waals surface area contributed by atoms with Gasteiger partial charge in [-0.05, 0) is 23.8 Å². The van der Waals surface area contributed by atoms with Crippen LogP contribution in [0.5, 0.6) is 11.5 Å². The lowest BCUT2D eigenvalue weighted by Crippen LogP contribution is -2.20. The first kappa shape index (κ1) is 16.0. The number of rotatable bonds is 6. The lowest BCUT2D eigenvalue weighted by molar-refractivity contribution is -0.135. The van der Waals surface area contributed by atoms with Gasteiger partial charge in [-0.25, -0.2) is 4.79 Å². The number of nitriles is 1. The third-order valence-electron chi connectivity index (χ3n) is 2.39. The van der Waals surface area contributed by atoms with E-state index in [0.29, 0.717) is 17.1 Å². The Morgan fingerprint density at radius 2 is 2.05 bits per heavy atom. The van der Waals surface area contributed by atoms with Crippen LogP contribution >= 0.6 is 0 Å². The van der Waals surface area contributed by atoms with Crippen LogP contribution in [-0.4, -0.2) is 32.7 Å². The maximum atomic E-state index is 11.3. The molecule has 0 atom stereocenters. The molecule has 0 heterocycles. The normalized spacial score (nSPS) is 10.4. The van der Waals surface area contributed by atoms with Crippen LogP contribution in [-0.2, 0) is 14.3 Å². The standard InChI is InChI=1S/C14H14N2O5/c1-19-12-6-9(5-10(7-15)14(18)20-2)3-4-11(12)21-8-13(16)17/h3-6H,8H2,1-2H3,(H2,16,17)/b10-5+. The highest BCUT2D eigenvalue weighted by molar-refractivity contribution is 5.97. The third kappa shape index (κ3) is 4.54. The van der Waals surface area contributed by atoms with Gasteiger partial charge in [-0.2, -0.15) is 5.26 Å². The maximum Gasteiger partial charge on any atom is 0.348 e. The molecule has 0 radical (unpaired) electrons. The predicted molar refractivity (Wildman–Crippen MR) is 73.3 cm³/mol. The van der Waals surface area contributed by atoms with Crippen molar-refractivity contribution in [1.82, 2.24) is 0 Å². The summed E-state index contributed by atoms with van der Waals surface area (Å²) in [5, 5.41) is 8.89. The van der Waals surface area contributed by atoms with E-state index in [-0.39, 0.29) is 12.2 Å². The predicted octanol–water partition coefficient (Wildman–Crippen LogP) is 0.639. The van der Waals surface area contributed by atoms with E-state index in [1.807, 2.05) is 0 Å². The number of nitrogens with two attached hydrogens (primary N) is 1. The minimum absolute atomic E-state index is 0.148. The van der Waals surface area contributed by atoms with Crippen LogP contribution in [0.15, 0.2) is 23.8 Å². The van der Waals surface area contributed by atoms with Gasteiger partial charge in [0.1, 0.15) is 11.6 Å². The monoisotopic (exact) mass is 290 g/mol. The van der Waals surface area contributed by atoms with Crippen LogP contribution in [0.25, 0.3) is 6.08 Å². The topological polar surface area (TPSA) is 112 Å². The minimum Gasteiger partial charge on any atom is -0.493 e. The molecule has 1 aromatic carbocycles. The Kier molecular flexibility index (Phi) is 5.77. The molecule has 0 fully saturated rings. The van der Waals surface area contributed by atoms with E-state index >= 15 is 0 Å². The van der Waals surface area contributed by atoms with E-state index in [9.17, 15) is 9.59 Å². The summed E-state index contributed by atoms with van der Waals surface area (Å²) in [4.78, 5) is 22.0. The van der Waals surface area contributed by atoms with Crippen molar-refractivity contribution in [2.75, 3.05) is 20.8 Å². The SMILES string of the molecule is COC(=O)/C(C#N)=C/c1ccc(OCC(N)=O)c(OC)c1. The summed E-state index contributed by atoms with van der Waals surface area (Å²) in [6.07, 6.45) is 1.35. The zero-order valence-electron chi connectivity index (χ0n) is 11.6. The molecule has 1 aromatic rings. The number of nitrogens with zero attached hydrogens (tertiary/aromatic N) is 1. The van der Waals surface area contributed by atoms with E-state index in [0.717, 1.165) is 0 Å². The zero-order valence-corrected chi connectivity index (χ0v) is 11.6. The first-order valence-corrected chi connectivity index (χ1v) is 5.81. The smallest absolute Gasteiger partial charge is 0.348 e. The number of amides is 1. The molecule has 0 saturated heterocycles. The summed E-state index contributed by atoms with van der Waals surface area (Å²) in [7, 11) is 2.61. The van der Waals surface area contributed by atoms with Gasteiger partial charge in [0.2, 0.25) is 0 Å². The van der Waals surface area contributed by atoms with Gasteiger partial charge in [0, 0.05) is 0 Å². The molecular formula is C14H14N2O5. The van der Waals surface area contributed by atoms with Crippen molar-refractivity contribution in [2.45, 2.75) is 0 Å². The Morgan fingerprint density at radius 3 is 2.57 bits per heavy atom. The highest BCUT2D eigenvalue weighted by atomic mass is 16.5. The number of esters is 1. The number of ether oxygens (including phenoxy) is 3. The molecule has 0 aromatic heterocycles. The molecule has 7 nitrogen and oxygen atoms in total. The molecule has 0 saturated carbocycles. The van der Waals surface area contributed by atoms with Gasteiger partial charge in [0.15, 0.2) is 18.1 Å². The number of hydrogen-bond donors (Lipinski definition) is 1. The molecule has 0 bridgehead atoms. The average Bonchev–Trinajstić information content (AvgIpc) is 2.49. The Hall–Kier alpha value is -3.01. The minimum atomic E-state index is -0.731. The summed E-state index contributed by atoms with van der Waals surface area (Å²) in [5.74, 6) is -0.679. The maximum absolute atomic E-state index is 11.3. The van der Waals surface area contributed by atoms with Crippen molar-refractivity contribution < 1.29 is 23.8 Å². The summed E-state index contributed by atoms with van der Waals surface area (Å²) in [5.41, 5.74) is 5.39. The molecule has 2 N–H and O–H groups in total. The second-order valence-electron chi connectivity index (χ2n) is 3.83. The second kappa shape index (κ2) is 7.55. The molecule has 0 aliphatic rings. The van der Waals surface area contributed by atoms with Crippen LogP contribution in [0.3, 0.4) is 0 Å². The quantitative estimate of drug-likeness (QED) is 0.467. The van der Waals surface area contributed by atoms with Crippen LogP contribution in [0, 0.1) is 11.3 Å². The van der Waals surface area contributed by atoms with Gasteiger partial charge in [-0.15, -0.1) is 0 Å². The molecule has 7 heteroatoms. The lowest BCUT2D eigenvalue weighted by Gasteiger charge is -2.10. The fourth-order valence-corrected chi connectivity index (χ4v) is 1.46. The molecule has 1 amide bonds. The second-order valence-corrected chi connectivity index (χ2v) is 3.83. The number of carbonyl (C=O) groups excluding carboxylic acids is 2. The largest absolute Gasteiger partial charge is 0.493 e. The van der Waals surface area contributed by atoms with Crippen LogP contribution < -0.4 is 15.2 Å². The summed E-state index contributed by atoms with van der Waals surface area (Å²) in [6, 6.07) is 6.44. The van der Waals surface area contributed by atoms with Gasteiger partial charge in [0.25, 0.3) is 5.91 Å². The van der Waals surface area contributed by atoms with E-state index in [2.05, 4.69) is 4.74 Å². The molecule has 0 unspecified atom stereocenters. The van der Waals surface area contributed by atoms with E-state index in [1.54, 1.807) is 24.3 Å². The molecule has 0 aliphatic heterocycles. The number of methoxy groups -OCH3 is 2. The van der Waals surface area contributed by atoms with Crippen molar-refractivity contribution in [3.63, 3.8) is 0 Å². The Bertz CT molecular complexity index is 616. The van der Waals surface area contributed by atoms with Gasteiger partial charge in [0.05, 0.1) is 14.2 Å². The Balaban J connectivity index is 3.07. The molecule has 110 valence electrons. The van der Waals surface area contributed by atoms with Crippen molar-refractivity contribution in [3.05, 3.63) is 29.3 Å². The van der Waals surface area contributed by atoms with E-state index < -0.39 is 11.9 Å². The highest BCUT2D eigenvalue weighted by Crippen LogP contribution is 2.28. The summed E-state index contributed by atoms with van der Waals surface area (Å²) >= 11 is 0. The Labute approximate surface area is 121 Å². The molecule has 0 aliphatic carbocycles. The van der Waals surface area contributed by atoms with Crippen molar-refractivity contribution in [3.8, 4) is 17.6 Å². The first-order valence-electron chi connectivity index (χ1n) is 5.81. The first-order chi connectivity index (χ1) is 10.0. The van der Waals surface area contributed by atoms with Crippen molar-refractivity contribution in [1.29, 1.82) is 5.26 Å². The van der Waals surface area contributed by atoms with Gasteiger partial charge in [-0.1, -0.05) is 6.07 Å². The van der Waals surface area contributed by atoms with Gasteiger partial charge >= 0.3 is 5.97 Å². The highest BCUT2D eigenvalue weighted by Gasteiger charge is 2.11. The lowest BCUT2D eigenvalue weighted by atomic mass is 10.1. The number of hydrogen-bond acceptors (Lipinski definition) is 6. The average molecular weight is 290 g/mol. The van der Waals surface area contributed by atoms with Crippen LogP contribution in [0.1, 0.15) is 5.56 Å². The van der Waals surface area contributed by atoms with Gasteiger partial charge < -0.3 is 19.9 Å². The van der Waals surface area contributed by atoms with Crippen molar-refractivity contribution in [2.24, 2.45) is 5.73 Å². The third-order valence-corrected chi connectivity index (χ3v) is 2.39. The molecule has 21 heavy (non-hydrogen) atoms. The summed E-state index contributed by atoms with van der Waals surface area (Å²) < 4.78 is 14.8. The van der Waals surface area contributed by atoms with Gasteiger partial charge in [-0.3, -0.25) is 4.79 Å². The molecule has 0 spiro atoms. The zero-order chi connectivity index (χ0) is 15.8. The fraction of sp³-hybridized carbons (Fsp3) is 0.214.